The Labute approximate surface area is 172 Å². The van der Waals surface area contributed by atoms with E-state index < -0.39 is 5.92 Å². The van der Waals surface area contributed by atoms with Gasteiger partial charge in [-0.3, -0.25) is 14.7 Å². The lowest BCUT2D eigenvalue weighted by atomic mass is 10.1. The molecule has 2 N–H and O–H groups in total. The zero-order chi connectivity index (χ0) is 20.4. The zero-order valence-electron chi connectivity index (χ0n) is 16.2. The second-order valence-corrected chi connectivity index (χ2v) is 7.80. The van der Waals surface area contributed by atoms with Crippen molar-refractivity contribution in [3.8, 4) is 11.4 Å². The topological polar surface area (TPSA) is 91.0 Å². The summed E-state index contributed by atoms with van der Waals surface area (Å²) in [5.41, 5.74) is 2.29. The number of hydrogen-bond acceptors (Lipinski definition) is 5. The number of H-pyrrole nitrogens is 1. The first kappa shape index (κ1) is 19.2. The van der Waals surface area contributed by atoms with Gasteiger partial charge in [0.2, 0.25) is 11.8 Å². The van der Waals surface area contributed by atoms with E-state index in [4.69, 9.17) is 0 Å². The summed E-state index contributed by atoms with van der Waals surface area (Å²) in [6, 6.07) is 15.2. The number of nitrogens with zero attached hydrogens (tertiary/aromatic N) is 3. The molecule has 0 bridgehead atoms. The third kappa shape index (κ3) is 4.17. The van der Waals surface area contributed by atoms with Crippen molar-refractivity contribution in [2.45, 2.75) is 18.2 Å². The van der Waals surface area contributed by atoms with Gasteiger partial charge in [0.05, 0.1) is 5.92 Å². The number of nitrogens with one attached hydrogen (secondary N) is 2. The fraction of sp³-hybridized carbons (Fsp3) is 0.238. The summed E-state index contributed by atoms with van der Waals surface area (Å²) >= 11 is 1.65. The Morgan fingerprint density at radius 3 is 2.72 bits per heavy atom. The van der Waals surface area contributed by atoms with Crippen molar-refractivity contribution in [2.75, 3.05) is 23.0 Å². The molecule has 4 rings (SSSR count). The first-order valence-electron chi connectivity index (χ1n) is 9.28. The van der Waals surface area contributed by atoms with Crippen molar-refractivity contribution in [2.24, 2.45) is 5.92 Å². The molecule has 0 aliphatic carbocycles. The maximum absolute atomic E-state index is 12.8. The number of amides is 2. The van der Waals surface area contributed by atoms with Crippen LogP contribution in [0.4, 0.5) is 11.4 Å². The Kier molecular flexibility index (Phi) is 5.35. The van der Waals surface area contributed by atoms with Gasteiger partial charge in [0.1, 0.15) is 5.82 Å². The van der Waals surface area contributed by atoms with Crippen molar-refractivity contribution >= 4 is 35.0 Å². The van der Waals surface area contributed by atoms with Gasteiger partial charge in [0, 0.05) is 34.8 Å². The highest BCUT2D eigenvalue weighted by Crippen LogP contribution is 2.28. The van der Waals surface area contributed by atoms with E-state index in [1.54, 1.807) is 16.7 Å². The van der Waals surface area contributed by atoms with Gasteiger partial charge >= 0.3 is 0 Å². The van der Waals surface area contributed by atoms with Crippen LogP contribution in [-0.4, -0.2) is 39.8 Å². The Bertz CT molecular complexity index is 1050. The number of carbonyl (C=O) groups excluding carboxylic acids is 2. The van der Waals surface area contributed by atoms with Crippen LogP contribution in [0.2, 0.25) is 0 Å². The summed E-state index contributed by atoms with van der Waals surface area (Å²) in [6.07, 6.45) is 2.21. The van der Waals surface area contributed by atoms with E-state index in [1.165, 1.54) is 0 Å². The van der Waals surface area contributed by atoms with Gasteiger partial charge in [-0.2, -0.15) is 5.10 Å². The Morgan fingerprint density at radius 1 is 1.24 bits per heavy atom. The number of carbonyl (C=O) groups is 2. The van der Waals surface area contributed by atoms with Crippen LogP contribution in [0.5, 0.6) is 0 Å². The summed E-state index contributed by atoms with van der Waals surface area (Å²) in [7, 11) is 0. The molecular weight excluding hydrogens is 386 g/mol. The van der Waals surface area contributed by atoms with Gasteiger partial charge in [0.15, 0.2) is 5.82 Å². The molecule has 1 atom stereocenters. The average molecular weight is 407 g/mol. The Balaban J connectivity index is 1.44. The number of benzene rings is 2. The predicted molar refractivity (Wildman–Crippen MR) is 114 cm³/mol. The van der Waals surface area contributed by atoms with Crippen molar-refractivity contribution in [1.29, 1.82) is 0 Å². The van der Waals surface area contributed by atoms with Crippen molar-refractivity contribution in [1.82, 2.24) is 15.2 Å². The monoisotopic (exact) mass is 407 g/mol. The van der Waals surface area contributed by atoms with Gasteiger partial charge in [-0.05, 0) is 49.6 Å². The smallest absolute Gasteiger partial charge is 0.229 e. The number of anilines is 2. The second-order valence-electron chi connectivity index (χ2n) is 6.92. The molecule has 0 spiro atoms. The fourth-order valence-electron chi connectivity index (χ4n) is 3.35. The van der Waals surface area contributed by atoms with Crippen LogP contribution in [0, 0.1) is 12.8 Å². The van der Waals surface area contributed by atoms with Crippen LogP contribution >= 0.6 is 11.8 Å². The minimum absolute atomic E-state index is 0.0352. The second kappa shape index (κ2) is 8.08. The number of aryl methyl sites for hydroxylation is 1. The lowest BCUT2D eigenvalue weighted by Gasteiger charge is -2.17. The van der Waals surface area contributed by atoms with Crippen molar-refractivity contribution in [3.05, 3.63) is 54.4 Å². The standard InChI is InChI=1S/C21H21N5O2S/c1-13-22-20(25-24-13)14-4-3-5-16(10-14)23-21(28)15-11-19(27)26(12-15)17-6-8-18(29-2)9-7-17/h3-10,15H,11-12H2,1-2H3,(H,23,28)(H,22,24,25). The highest BCUT2D eigenvalue weighted by molar-refractivity contribution is 7.98. The van der Waals surface area contributed by atoms with E-state index in [0.29, 0.717) is 18.1 Å². The zero-order valence-corrected chi connectivity index (χ0v) is 17.0. The van der Waals surface area contributed by atoms with E-state index in [9.17, 15) is 9.59 Å². The summed E-state index contributed by atoms with van der Waals surface area (Å²) in [6.45, 7) is 2.21. The van der Waals surface area contributed by atoms with Gasteiger partial charge in [0.25, 0.3) is 0 Å². The number of rotatable bonds is 5. The molecular formula is C21H21N5O2S. The minimum Gasteiger partial charge on any atom is -0.326 e. The molecule has 7 nitrogen and oxygen atoms in total. The summed E-state index contributed by atoms with van der Waals surface area (Å²) in [4.78, 5) is 32.3. The van der Waals surface area contributed by atoms with Gasteiger partial charge < -0.3 is 10.2 Å². The molecule has 2 amide bonds. The Morgan fingerprint density at radius 2 is 2.03 bits per heavy atom. The van der Waals surface area contributed by atoms with Crippen LogP contribution < -0.4 is 10.2 Å². The summed E-state index contributed by atoms with van der Waals surface area (Å²) < 4.78 is 0. The van der Waals surface area contributed by atoms with Gasteiger partial charge in [-0.1, -0.05) is 12.1 Å². The minimum atomic E-state index is -0.392. The van der Waals surface area contributed by atoms with E-state index in [2.05, 4.69) is 20.5 Å². The molecule has 0 saturated carbocycles. The number of thioether (sulfide) groups is 1. The van der Waals surface area contributed by atoms with Gasteiger partial charge in [-0.25, -0.2) is 4.98 Å². The van der Waals surface area contributed by atoms with Crippen LogP contribution in [0.15, 0.2) is 53.4 Å². The molecule has 8 heteroatoms. The normalized spacial score (nSPS) is 16.3. The SMILES string of the molecule is CSc1ccc(N2CC(C(=O)Nc3cccc(-c4n[nH]c(C)n4)c3)CC2=O)cc1. The molecule has 1 saturated heterocycles. The quantitative estimate of drug-likeness (QED) is 0.632. The predicted octanol–water partition coefficient (Wildman–Crippen LogP) is 3.49. The van der Waals surface area contributed by atoms with E-state index in [1.807, 2.05) is 61.7 Å². The molecule has 29 heavy (non-hydrogen) atoms. The first-order chi connectivity index (χ1) is 14.0. The van der Waals surface area contributed by atoms with Crippen LogP contribution in [0.25, 0.3) is 11.4 Å². The van der Waals surface area contributed by atoms with Crippen molar-refractivity contribution in [3.63, 3.8) is 0 Å². The summed E-state index contributed by atoms with van der Waals surface area (Å²) in [5, 5.41) is 9.88. The van der Waals surface area contributed by atoms with Crippen LogP contribution in [-0.2, 0) is 9.59 Å². The molecule has 2 heterocycles. The molecule has 148 valence electrons. The molecule has 3 aromatic rings. The molecule has 1 aromatic heterocycles. The number of aromatic nitrogens is 3. The molecule has 0 radical (unpaired) electrons. The summed E-state index contributed by atoms with van der Waals surface area (Å²) in [5.74, 6) is 0.716. The lowest BCUT2D eigenvalue weighted by molar-refractivity contribution is -0.122. The highest BCUT2D eigenvalue weighted by Gasteiger charge is 2.35. The Hall–Kier alpha value is -3.13. The average Bonchev–Trinajstić information content (AvgIpc) is 3.34. The first-order valence-corrected chi connectivity index (χ1v) is 10.5. The highest BCUT2D eigenvalue weighted by atomic mass is 32.2. The third-order valence-corrected chi connectivity index (χ3v) is 5.61. The lowest BCUT2D eigenvalue weighted by Crippen LogP contribution is -2.28. The molecule has 1 unspecified atom stereocenters. The maximum Gasteiger partial charge on any atom is 0.229 e. The number of aromatic amines is 1. The molecule has 1 aliphatic heterocycles. The third-order valence-electron chi connectivity index (χ3n) is 4.87. The molecule has 1 aliphatic rings. The van der Waals surface area contributed by atoms with E-state index in [0.717, 1.165) is 22.0 Å². The van der Waals surface area contributed by atoms with E-state index in [-0.39, 0.29) is 18.2 Å². The molecule has 1 fully saturated rings. The largest absolute Gasteiger partial charge is 0.326 e. The molecule has 2 aromatic carbocycles. The maximum atomic E-state index is 12.8. The number of hydrogen-bond donors (Lipinski definition) is 2. The van der Waals surface area contributed by atoms with Gasteiger partial charge in [-0.15, -0.1) is 11.8 Å². The fourth-order valence-corrected chi connectivity index (χ4v) is 3.76. The van der Waals surface area contributed by atoms with Crippen LogP contribution in [0.3, 0.4) is 0 Å². The van der Waals surface area contributed by atoms with E-state index >= 15 is 0 Å². The van der Waals surface area contributed by atoms with Crippen molar-refractivity contribution < 1.29 is 9.59 Å². The van der Waals surface area contributed by atoms with Crippen LogP contribution in [0.1, 0.15) is 12.2 Å².